The number of nitrogens with zero attached hydrogens (tertiary/aromatic N) is 1. The third-order valence-corrected chi connectivity index (χ3v) is 4.13. The highest BCUT2D eigenvalue weighted by Crippen LogP contribution is 2.33. The minimum absolute atomic E-state index is 0.0762. The zero-order chi connectivity index (χ0) is 15.2. The lowest BCUT2D eigenvalue weighted by molar-refractivity contribution is -0.384. The maximum absolute atomic E-state index is 11.0. The van der Waals surface area contributed by atoms with Crippen LogP contribution < -0.4 is 10.1 Å². The predicted molar refractivity (Wildman–Crippen MR) is 83.9 cm³/mol. The fraction of sp³-hybridized carbons (Fsp3) is 0.625. The van der Waals surface area contributed by atoms with E-state index in [2.05, 4.69) is 12.2 Å². The number of rotatable bonds is 6. The third-order valence-electron chi connectivity index (χ3n) is 4.13. The Balaban J connectivity index is 2.19. The molecule has 5 heteroatoms. The quantitative estimate of drug-likeness (QED) is 0.624. The number of ether oxygens (including phenoxy) is 1. The molecule has 0 radical (unpaired) electrons. The van der Waals surface area contributed by atoms with Gasteiger partial charge in [0.25, 0.3) is 5.69 Å². The first kappa shape index (κ1) is 15.6. The fourth-order valence-electron chi connectivity index (χ4n) is 3.03. The summed E-state index contributed by atoms with van der Waals surface area (Å²) in [6.07, 6.45) is 5.94. The number of non-ortho nitro benzene ring substituents is 1. The molecule has 1 aliphatic carbocycles. The van der Waals surface area contributed by atoms with E-state index in [1.165, 1.54) is 25.3 Å². The van der Waals surface area contributed by atoms with E-state index >= 15 is 0 Å². The summed E-state index contributed by atoms with van der Waals surface area (Å²) in [5, 5.41) is 14.2. The topological polar surface area (TPSA) is 64.4 Å². The second-order valence-electron chi connectivity index (χ2n) is 5.61. The third kappa shape index (κ3) is 4.09. The molecule has 116 valence electrons. The van der Waals surface area contributed by atoms with Gasteiger partial charge in [0, 0.05) is 24.4 Å². The van der Waals surface area contributed by atoms with Crippen molar-refractivity contribution in [2.45, 2.75) is 52.1 Å². The molecular formula is C16H24N2O3. The van der Waals surface area contributed by atoms with Crippen molar-refractivity contribution in [2.24, 2.45) is 5.92 Å². The Bertz CT molecular complexity index is 490. The van der Waals surface area contributed by atoms with Crippen molar-refractivity contribution in [1.82, 2.24) is 0 Å². The largest absolute Gasteiger partial charge is 0.490 e. The number of nitro benzene ring substituents is 1. The maximum atomic E-state index is 11.0. The number of hydrogen-bond donors (Lipinski definition) is 1. The van der Waals surface area contributed by atoms with E-state index in [1.54, 1.807) is 6.07 Å². The van der Waals surface area contributed by atoms with Gasteiger partial charge in [-0.15, -0.1) is 0 Å². The molecule has 1 aliphatic rings. The van der Waals surface area contributed by atoms with Crippen LogP contribution in [0.15, 0.2) is 18.2 Å². The monoisotopic (exact) mass is 292 g/mol. The Kier molecular flexibility index (Phi) is 5.42. The molecule has 21 heavy (non-hydrogen) atoms. The van der Waals surface area contributed by atoms with Crippen LogP contribution in [0.4, 0.5) is 11.4 Å². The second kappa shape index (κ2) is 7.29. The smallest absolute Gasteiger partial charge is 0.275 e. The molecule has 1 fully saturated rings. The maximum Gasteiger partial charge on any atom is 0.275 e. The Morgan fingerprint density at radius 2 is 2.05 bits per heavy atom. The van der Waals surface area contributed by atoms with Crippen LogP contribution >= 0.6 is 0 Å². The lowest BCUT2D eigenvalue weighted by atomic mass is 9.85. The highest BCUT2D eigenvalue weighted by molar-refractivity contribution is 5.56. The van der Waals surface area contributed by atoms with Crippen molar-refractivity contribution in [1.29, 1.82) is 0 Å². The van der Waals surface area contributed by atoms with Crippen LogP contribution in [-0.4, -0.2) is 17.6 Å². The molecule has 0 saturated heterocycles. The van der Waals surface area contributed by atoms with Crippen LogP contribution in [0.3, 0.4) is 0 Å². The summed E-state index contributed by atoms with van der Waals surface area (Å²) in [7, 11) is 0. The van der Waals surface area contributed by atoms with Crippen molar-refractivity contribution in [2.75, 3.05) is 11.9 Å². The van der Waals surface area contributed by atoms with Crippen molar-refractivity contribution in [3.05, 3.63) is 28.3 Å². The first-order chi connectivity index (χ1) is 10.1. The molecule has 1 aromatic carbocycles. The summed E-state index contributed by atoms with van der Waals surface area (Å²) >= 11 is 0. The van der Waals surface area contributed by atoms with Gasteiger partial charge in [-0.3, -0.25) is 10.1 Å². The zero-order valence-electron chi connectivity index (χ0n) is 12.8. The molecule has 1 N–H and O–H groups in total. The molecule has 1 aromatic rings. The van der Waals surface area contributed by atoms with Gasteiger partial charge in [0.2, 0.25) is 0 Å². The van der Waals surface area contributed by atoms with Crippen molar-refractivity contribution in [3.8, 4) is 5.75 Å². The summed E-state index contributed by atoms with van der Waals surface area (Å²) in [6, 6.07) is 4.94. The van der Waals surface area contributed by atoms with Crippen molar-refractivity contribution >= 4 is 11.4 Å². The molecule has 0 bridgehead atoms. The van der Waals surface area contributed by atoms with E-state index < -0.39 is 0 Å². The van der Waals surface area contributed by atoms with Gasteiger partial charge in [-0.1, -0.05) is 13.3 Å². The van der Waals surface area contributed by atoms with Crippen LogP contribution in [0, 0.1) is 16.0 Å². The lowest BCUT2D eigenvalue weighted by Crippen LogP contribution is -2.29. The van der Waals surface area contributed by atoms with Crippen molar-refractivity contribution < 1.29 is 9.66 Å². The van der Waals surface area contributed by atoms with Gasteiger partial charge in [0.1, 0.15) is 11.9 Å². The zero-order valence-corrected chi connectivity index (χ0v) is 12.8. The van der Waals surface area contributed by atoms with Crippen LogP contribution in [0.2, 0.25) is 0 Å². The Morgan fingerprint density at radius 3 is 2.71 bits per heavy atom. The van der Waals surface area contributed by atoms with Gasteiger partial charge in [-0.05, 0) is 38.5 Å². The molecule has 0 aromatic heterocycles. The summed E-state index contributed by atoms with van der Waals surface area (Å²) in [4.78, 5) is 10.7. The number of anilines is 1. The van der Waals surface area contributed by atoms with Crippen LogP contribution in [0.5, 0.6) is 5.75 Å². The van der Waals surface area contributed by atoms with Crippen LogP contribution in [0.1, 0.15) is 46.0 Å². The van der Waals surface area contributed by atoms with Gasteiger partial charge in [-0.2, -0.15) is 0 Å². The normalized spacial score (nSPS) is 21.8. The van der Waals surface area contributed by atoms with E-state index in [0.29, 0.717) is 11.7 Å². The fourth-order valence-corrected chi connectivity index (χ4v) is 3.03. The summed E-state index contributed by atoms with van der Waals surface area (Å²) in [5.74, 6) is 1.16. The minimum atomic E-state index is -0.369. The molecule has 0 spiro atoms. The lowest BCUT2D eigenvalue weighted by Gasteiger charge is -2.31. The second-order valence-corrected chi connectivity index (χ2v) is 5.61. The molecule has 0 aliphatic heterocycles. The number of benzene rings is 1. The highest BCUT2D eigenvalue weighted by atomic mass is 16.6. The average molecular weight is 292 g/mol. The Hall–Kier alpha value is -1.78. The standard InChI is InChI=1S/C16H24N2O3/c1-3-12-7-5-6-8-16(12)21-15-10-13(17-4-2)9-14(11-15)18(19)20/h9-12,16-17H,3-8H2,1-2H3. The van der Waals surface area contributed by atoms with Crippen molar-refractivity contribution in [3.63, 3.8) is 0 Å². The average Bonchev–Trinajstić information content (AvgIpc) is 2.48. The van der Waals surface area contributed by atoms with E-state index in [1.807, 2.05) is 13.0 Å². The van der Waals surface area contributed by atoms with E-state index in [4.69, 9.17) is 4.74 Å². The molecule has 5 nitrogen and oxygen atoms in total. The Morgan fingerprint density at radius 1 is 1.29 bits per heavy atom. The molecule has 2 unspecified atom stereocenters. The molecule has 1 saturated carbocycles. The van der Waals surface area contributed by atoms with E-state index in [0.717, 1.165) is 25.1 Å². The summed E-state index contributed by atoms with van der Waals surface area (Å²) < 4.78 is 6.09. The summed E-state index contributed by atoms with van der Waals surface area (Å²) in [6.45, 7) is 4.87. The number of nitro groups is 1. The van der Waals surface area contributed by atoms with Gasteiger partial charge in [-0.25, -0.2) is 0 Å². The predicted octanol–water partition coefficient (Wildman–Crippen LogP) is 4.37. The molecule has 2 rings (SSSR count). The van der Waals surface area contributed by atoms with Gasteiger partial charge in [0.15, 0.2) is 0 Å². The molecule has 2 atom stereocenters. The number of hydrogen-bond acceptors (Lipinski definition) is 4. The minimum Gasteiger partial charge on any atom is -0.490 e. The molecule has 0 heterocycles. The van der Waals surface area contributed by atoms with Crippen LogP contribution in [-0.2, 0) is 0 Å². The van der Waals surface area contributed by atoms with Gasteiger partial charge < -0.3 is 10.1 Å². The van der Waals surface area contributed by atoms with E-state index in [9.17, 15) is 10.1 Å². The van der Waals surface area contributed by atoms with E-state index in [-0.39, 0.29) is 16.7 Å². The summed E-state index contributed by atoms with van der Waals surface area (Å²) in [5.41, 5.74) is 0.817. The SMILES string of the molecule is CCNc1cc(OC2CCCCC2CC)cc([N+](=O)[O-])c1. The highest BCUT2D eigenvalue weighted by Gasteiger charge is 2.26. The van der Waals surface area contributed by atoms with Gasteiger partial charge >= 0.3 is 0 Å². The molecular weight excluding hydrogens is 268 g/mol. The van der Waals surface area contributed by atoms with Crippen LogP contribution in [0.25, 0.3) is 0 Å². The first-order valence-corrected chi connectivity index (χ1v) is 7.84. The molecule has 0 amide bonds. The Labute approximate surface area is 125 Å². The first-order valence-electron chi connectivity index (χ1n) is 7.84. The number of nitrogens with one attached hydrogen (secondary N) is 1. The van der Waals surface area contributed by atoms with Gasteiger partial charge in [0.05, 0.1) is 11.0 Å².